The molecular formula is C18H30N2O. The first kappa shape index (κ1) is 14.2. The summed E-state index contributed by atoms with van der Waals surface area (Å²) >= 11 is 0. The van der Waals surface area contributed by atoms with Gasteiger partial charge in [0.15, 0.2) is 0 Å². The Hall–Kier alpha value is -0.410. The van der Waals surface area contributed by atoms with E-state index in [1.165, 1.54) is 32.1 Å². The molecule has 4 aliphatic rings. The highest BCUT2D eigenvalue weighted by Gasteiger charge is 2.59. The molecule has 3 heteroatoms. The predicted molar refractivity (Wildman–Crippen MR) is 83.9 cm³/mol. The van der Waals surface area contributed by atoms with Gasteiger partial charge in [0.2, 0.25) is 0 Å². The lowest BCUT2D eigenvalue weighted by molar-refractivity contribution is -0.141. The number of ketones is 1. The third kappa shape index (κ3) is 1.83. The minimum Gasteiger partial charge on any atom is -0.327 e. The molecule has 2 saturated carbocycles. The highest BCUT2D eigenvalue weighted by Crippen LogP contribution is 2.61. The molecule has 3 nitrogen and oxygen atoms in total. The molecule has 0 radical (unpaired) electrons. The summed E-state index contributed by atoms with van der Waals surface area (Å²) in [6.07, 6.45) is 8.38. The molecule has 2 heterocycles. The van der Waals surface area contributed by atoms with Crippen LogP contribution in [0.2, 0.25) is 0 Å². The quantitative estimate of drug-likeness (QED) is 0.746. The van der Waals surface area contributed by atoms with E-state index in [-0.39, 0.29) is 5.54 Å². The van der Waals surface area contributed by atoms with Crippen molar-refractivity contribution in [1.82, 2.24) is 4.90 Å². The fourth-order valence-corrected chi connectivity index (χ4v) is 6.59. The van der Waals surface area contributed by atoms with Crippen molar-refractivity contribution in [3.63, 3.8) is 0 Å². The Bertz CT molecular complexity index is 464. The first-order valence-corrected chi connectivity index (χ1v) is 8.97. The maximum absolute atomic E-state index is 11.8. The summed E-state index contributed by atoms with van der Waals surface area (Å²) in [6, 6.07) is 0.419. The van der Waals surface area contributed by atoms with Crippen molar-refractivity contribution in [3.05, 3.63) is 0 Å². The van der Waals surface area contributed by atoms with Gasteiger partial charge in [0.25, 0.3) is 0 Å². The zero-order chi connectivity index (χ0) is 14.8. The van der Waals surface area contributed by atoms with Gasteiger partial charge in [0.1, 0.15) is 5.78 Å². The number of carbonyl (C=O) groups is 1. The van der Waals surface area contributed by atoms with Crippen LogP contribution >= 0.6 is 0 Å². The van der Waals surface area contributed by atoms with Gasteiger partial charge >= 0.3 is 0 Å². The van der Waals surface area contributed by atoms with E-state index in [2.05, 4.69) is 18.7 Å². The van der Waals surface area contributed by atoms with E-state index in [0.717, 1.165) is 37.1 Å². The van der Waals surface area contributed by atoms with Gasteiger partial charge in [-0.25, -0.2) is 0 Å². The SMILES string of the molecule is C[C@]12CC[C@@H]3[C@@H](CCN4CC(=O)CC[C@]34C)[C@@H]1CCC2N. The average molecular weight is 290 g/mol. The van der Waals surface area contributed by atoms with Crippen molar-refractivity contribution in [2.75, 3.05) is 13.1 Å². The number of nitrogens with two attached hydrogens (primary N) is 1. The second kappa shape index (κ2) is 4.55. The topological polar surface area (TPSA) is 46.3 Å². The first-order valence-electron chi connectivity index (χ1n) is 8.97. The number of Topliss-reactive ketones (excluding diaryl/α,β-unsaturated/α-hetero) is 1. The van der Waals surface area contributed by atoms with Crippen LogP contribution in [0.5, 0.6) is 0 Å². The second-order valence-electron chi connectivity index (χ2n) is 8.71. The first-order chi connectivity index (χ1) is 9.95. The van der Waals surface area contributed by atoms with E-state index in [9.17, 15) is 4.79 Å². The largest absolute Gasteiger partial charge is 0.327 e. The van der Waals surface area contributed by atoms with Gasteiger partial charge in [0, 0.05) is 18.0 Å². The maximum Gasteiger partial charge on any atom is 0.146 e. The Morgan fingerprint density at radius 1 is 1.10 bits per heavy atom. The summed E-state index contributed by atoms with van der Waals surface area (Å²) in [5, 5.41) is 0. The molecule has 2 saturated heterocycles. The van der Waals surface area contributed by atoms with Crippen molar-refractivity contribution >= 4 is 5.78 Å². The standard InChI is InChI=1S/C18H30N2O/c1-17-8-6-15-13(14(17)3-4-16(17)19)7-10-20-11-12(21)5-9-18(15,20)2/h13-16H,3-11,19H2,1-2H3/t13-,14-,15+,16?,17-,18+/m0/s1. The minimum atomic E-state index is 0.283. The summed E-state index contributed by atoms with van der Waals surface area (Å²) in [7, 11) is 0. The molecular weight excluding hydrogens is 260 g/mol. The van der Waals surface area contributed by atoms with Gasteiger partial charge in [0.05, 0.1) is 6.54 Å². The molecule has 6 atom stereocenters. The molecule has 1 unspecified atom stereocenters. The van der Waals surface area contributed by atoms with Gasteiger partial charge in [-0.15, -0.1) is 0 Å². The number of nitrogens with zero attached hydrogens (tertiary/aromatic N) is 1. The number of carbonyl (C=O) groups excluding carboxylic acids is 1. The van der Waals surface area contributed by atoms with Crippen LogP contribution in [0.3, 0.4) is 0 Å². The van der Waals surface area contributed by atoms with E-state index in [1.54, 1.807) is 0 Å². The molecule has 0 bridgehead atoms. The van der Waals surface area contributed by atoms with E-state index in [1.807, 2.05) is 0 Å². The lowest BCUT2D eigenvalue weighted by Gasteiger charge is -2.61. The fourth-order valence-electron chi connectivity index (χ4n) is 6.59. The second-order valence-corrected chi connectivity index (χ2v) is 8.71. The van der Waals surface area contributed by atoms with E-state index >= 15 is 0 Å². The van der Waals surface area contributed by atoms with Crippen molar-refractivity contribution in [2.45, 2.75) is 70.4 Å². The number of fused-ring (bicyclic) bond motifs is 5. The molecule has 0 amide bonds. The van der Waals surface area contributed by atoms with Crippen molar-refractivity contribution in [2.24, 2.45) is 28.9 Å². The van der Waals surface area contributed by atoms with Crippen LogP contribution < -0.4 is 5.73 Å². The van der Waals surface area contributed by atoms with Crippen molar-refractivity contribution in [1.29, 1.82) is 0 Å². The van der Waals surface area contributed by atoms with Gasteiger partial charge in [-0.1, -0.05) is 6.92 Å². The van der Waals surface area contributed by atoms with Gasteiger partial charge < -0.3 is 5.73 Å². The maximum atomic E-state index is 11.8. The monoisotopic (exact) mass is 290 g/mol. The molecule has 2 aliphatic carbocycles. The van der Waals surface area contributed by atoms with E-state index < -0.39 is 0 Å². The Kier molecular flexibility index (Phi) is 3.07. The molecule has 0 aromatic heterocycles. The van der Waals surface area contributed by atoms with Crippen LogP contribution in [0, 0.1) is 23.2 Å². The van der Waals surface area contributed by atoms with E-state index in [4.69, 9.17) is 5.73 Å². The molecule has 4 fully saturated rings. The van der Waals surface area contributed by atoms with Crippen LogP contribution in [-0.4, -0.2) is 35.4 Å². The normalized spacial score (nSPS) is 54.0. The fraction of sp³-hybridized carbons (Fsp3) is 0.944. The third-order valence-electron chi connectivity index (χ3n) is 8.04. The Balaban J connectivity index is 1.64. The zero-order valence-electron chi connectivity index (χ0n) is 13.6. The molecule has 21 heavy (non-hydrogen) atoms. The Morgan fingerprint density at radius 3 is 2.71 bits per heavy atom. The lowest BCUT2D eigenvalue weighted by atomic mass is 9.52. The summed E-state index contributed by atoms with van der Waals surface area (Å²) in [4.78, 5) is 14.4. The van der Waals surface area contributed by atoms with Crippen molar-refractivity contribution in [3.8, 4) is 0 Å². The predicted octanol–water partition coefficient (Wildman–Crippen LogP) is 2.58. The van der Waals surface area contributed by atoms with E-state index in [0.29, 0.717) is 23.8 Å². The molecule has 0 aromatic rings. The number of hydrogen-bond acceptors (Lipinski definition) is 3. The van der Waals surface area contributed by atoms with Crippen LogP contribution in [0.15, 0.2) is 0 Å². The minimum absolute atomic E-state index is 0.283. The highest BCUT2D eigenvalue weighted by molar-refractivity contribution is 5.81. The molecule has 0 spiro atoms. The third-order valence-corrected chi connectivity index (χ3v) is 8.04. The van der Waals surface area contributed by atoms with Crippen LogP contribution in [-0.2, 0) is 4.79 Å². The Morgan fingerprint density at radius 2 is 1.90 bits per heavy atom. The van der Waals surface area contributed by atoms with Crippen LogP contribution in [0.4, 0.5) is 0 Å². The summed E-state index contributed by atoms with van der Waals surface area (Å²) in [5.41, 5.74) is 7.15. The average Bonchev–Trinajstić information content (AvgIpc) is 2.76. The number of hydrogen-bond donors (Lipinski definition) is 1. The molecule has 0 aromatic carbocycles. The number of rotatable bonds is 0. The van der Waals surface area contributed by atoms with Gasteiger partial charge in [-0.05, 0) is 75.2 Å². The molecule has 118 valence electrons. The van der Waals surface area contributed by atoms with Gasteiger partial charge in [-0.2, -0.15) is 0 Å². The van der Waals surface area contributed by atoms with Crippen molar-refractivity contribution < 1.29 is 4.79 Å². The molecule has 2 aliphatic heterocycles. The smallest absolute Gasteiger partial charge is 0.146 e. The van der Waals surface area contributed by atoms with Gasteiger partial charge in [-0.3, -0.25) is 9.69 Å². The number of piperidine rings is 2. The summed E-state index contributed by atoms with van der Waals surface area (Å²) in [6.45, 7) is 6.75. The lowest BCUT2D eigenvalue weighted by Crippen LogP contribution is -2.65. The summed E-state index contributed by atoms with van der Waals surface area (Å²) < 4.78 is 0. The van der Waals surface area contributed by atoms with Crippen LogP contribution in [0.25, 0.3) is 0 Å². The summed E-state index contributed by atoms with van der Waals surface area (Å²) in [5.74, 6) is 2.94. The Labute approximate surface area is 128 Å². The molecule has 2 N–H and O–H groups in total. The molecule has 4 rings (SSSR count). The highest BCUT2D eigenvalue weighted by atomic mass is 16.1. The van der Waals surface area contributed by atoms with Crippen LogP contribution in [0.1, 0.15) is 58.8 Å². The zero-order valence-corrected chi connectivity index (χ0v) is 13.6.